The van der Waals surface area contributed by atoms with Gasteiger partial charge < -0.3 is 4.74 Å². The van der Waals surface area contributed by atoms with E-state index in [0.29, 0.717) is 5.56 Å². The van der Waals surface area contributed by atoms with E-state index in [9.17, 15) is 18.8 Å². The fourth-order valence-corrected chi connectivity index (χ4v) is 1.21. The van der Waals surface area contributed by atoms with Crippen LogP contribution in [-0.2, 0) is 25.5 Å². The lowest BCUT2D eigenvalue weighted by atomic mass is 10.1. The van der Waals surface area contributed by atoms with Crippen molar-refractivity contribution in [2.75, 3.05) is 6.61 Å². The summed E-state index contributed by atoms with van der Waals surface area (Å²) < 4.78 is 17.1. The van der Waals surface area contributed by atoms with Crippen molar-refractivity contribution >= 4 is 17.8 Å². The average Bonchev–Trinajstić information content (AvgIpc) is 2.39. The summed E-state index contributed by atoms with van der Waals surface area (Å²) in [4.78, 5) is 33.4. The van der Waals surface area contributed by atoms with Gasteiger partial charge in [-0.15, -0.1) is 0 Å². The quantitative estimate of drug-likeness (QED) is 0.462. The molecule has 102 valence electrons. The summed E-state index contributed by atoms with van der Waals surface area (Å²) in [6, 6.07) is 5.34. The monoisotopic (exact) mass is 268 g/mol. The molecule has 0 aliphatic carbocycles. The van der Waals surface area contributed by atoms with Gasteiger partial charge in [-0.05, 0) is 24.6 Å². The molecule has 6 nitrogen and oxygen atoms in total. The number of hydrazine groups is 1. The molecular weight excluding hydrogens is 255 g/mol. The van der Waals surface area contributed by atoms with Gasteiger partial charge in [-0.2, -0.15) is 0 Å². The fourth-order valence-electron chi connectivity index (χ4n) is 1.21. The van der Waals surface area contributed by atoms with Crippen LogP contribution in [0.1, 0.15) is 12.5 Å². The second-order valence-electron chi connectivity index (χ2n) is 3.53. The molecule has 0 spiro atoms. The predicted molar refractivity (Wildman–Crippen MR) is 63.0 cm³/mol. The Hall–Kier alpha value is -2.44. The molecule has 0 aliphatic rings. The zero-order valence-electron chi connectivity index (χ0n) is 10.2. The average molecular weight is 268 g/mol. The van der Waals surface area contributed by atoms with Gasteiger partial charge in [0.2, 0.25) is 5.91 Å². The van der Waals surface area contributed by atoms with Crippen LogP contribution < -0.4 is 10.9 Å². The number of halogens is 1. The van der Waals surface area contributed by atoms with Crippen molar-refractivity contribution in [3.63, 3.8) is 0 Å². The number of ether oxygens (including phenoxy) is 1. The first-order valence-corrected chi connectivity index (χ1v) is 5.53. The van der Waals surface area contributed by atoms with E-state index in [1.807, 2.05) is 5.43 Å². The number of hydrogen-bond acceptors (Lipinski definition) is 4. The van der Waals surface area contributed by atoms with Crippen molar-refractivity contribution < 1.29 is 23.5 Å². The molecular formula is C12H13FN2O4. The van der Waals surface area contributed by atoms with E-state index in [1.54, 1.807) is 6.92 Å². The number of rotatable bonds is 3. The molecule has 1 aromatic rings. The zero-order chi connectivity index (χ0) is 14.3. The van der Waals surface area contributed by atoms with Crippen molar-refractivity contribution in [3.8, 4) is 0 Å². The normalized spacial score (nSPS) is 9.58. The van der Waals surface area contributed by atoms with Gasteiger partial charge in [0.15, 0.2) is 0 Å². The summed E-state index contributed by atoms with van der Waals surface area (Å²) in [6.07, 6.45) is -0.0522. The van der Waals surface area contributed by atoms with E-state index in [0.717, 1.165) is 0 Å². The first-order valence-electron chi connectivity index (χ1n) is 5.53. The molecule has 0 unspecified atom stereocenters. The van der Waals surface area contributed by atoms with E-state index in [4.69, 9.17) is 0 Å². The zero-order valence-corrected chi connectivity index (χ0v) is 10.2. The maximum atomic E-state index is 12.6. The molecule has 0 saturated carbocycles. The first-order chi connectivity index (χ1) is 9.02. The highest BCUT2D eigenvalue weighted by atomic mass is 19.1. The van der Waals surface area contributed by atoms with Gasteiger partial charge in [0.25, 0.3) is 0 Å². The Kier molecular flexibility index (Phi) is 5.46. The van der Waals surface area contributed by atoms with E-state index in [-0.39, 0.29) is 13.0 Å². The number of amides is 2. The van der Waals surface area contributed by atoms with Crippen LogP contribution in [0, 0.1) is 5.82 Å². The van der Waals surface area contributed by atoms with Gasteiger partial charge >= 0.3 is 11.9 Å². The lowest BCUT2D eigenvalue weighted by Gasteiger charge is -2.06. The highest BCUT2D eigenvalue weighted by Gasteiger charge is 2.15. The third kappa shape index (κ3) is 5.15. The molecule has 0 saturated heterocycles. The van der Waals surface area contributed by atoms with Crippen LogP contribution in [0.5, 0.6) is 0 Å². The van der Waals surface area contributed by atoms with Crippen LogP contribution in [0.25, 0.3) is 0 Å². The molecule has 1 rings (SSSR count). The Balaban J connectivity index is 2.37. The highest BCUT2D eigenvalue weighted by molar-refractivity contribution is 6.32. The minimum absolute atomic E-state index is 0.0522. The van der Waals surface area contributed by atoms with Gasteiger partial charge in [0.1, 0.15) is 5.82 Å². The van der Waals surface area contributed by atoms with E-state index in [1.165, 1.54) is 24.3 Å². The number of benzene rings is 1. The highest BCUT2D eigenvalue weighted by Crippen LogP contribution is 2.02. The topological polar surface area (TPSA) is 84.5 Å². The van der Waals surface area contributed by atoms with Crippen LogP contribution in [0.3, 0.4) is 0 Å². The van der Waals surface area contributed by atoms with Gasteiger partial charge in [0, 0.05) is 0 Å². The second kappa shape index (κ2) is 7.10. The summed E-state index contributed by atoms with van der Waals surface area (Å²) in [6.45, 7) is 1.62. The van der Waals surface area contributed by atoms with Gasteiger partial charge in [-0.3, -0.25) is 20.4 Å². The third-order valence-corrected chi connectivity index (χ3v) is 2.05. The largest absolute Gasteiger partial charge is 0.459 e. The van der Waals surface area contributed by atoms with Crippen molar-refractivity contribution in [2.24, 2.45) is 0 Å². The predicted octanol–water partition coefficient (Wildman–Crippen LogP) is 0.0787. The summed E-state index contributed by atoms with van der Waals surface area (Å²) in [7, 11) is 0. The Morgan fingerprint density at radius 2 is 1.79 bits per heavy atom. The Labute approximate surface area is 108 Å². The molecule has 1 aromatic carbocycles. The second-order valence-corrected chi connectivity index (χ2v) is 3.53. The van der Waals surface area contributed by atoms with Crippen molar-refractivity contribution in [1.82, 2.24) is 10.9 Å². The van der Waals surface area contributed by atoms with Crippen LogP contribution in [0.15, 0.2) is 24.3 Å². The summed E-state index contributed by atoms with van der Waals surface area (Å²) in [5.41, 5.74) is 4.54. The third-order valence-electron chi connectivity index (χ3n) is 2.05. The van der Waals surface area contributed by atoms with Crippen LogP contribution >= 0.6 is 0 Å². The Morgan fingerprint density at radius 3 is 2.37 bits per heavy atom. The molecule has 0 heterocycles. The molecule has 0 aromatic heterocycles. The van der Waals surface area contributed by atoms with Crippen molar-refractivity contribution in [3.05, 3.63) is 35.6 Å². The van der Waals surface area contributed by atoms with Crippen LogP contribution in [0.2, 0.25) is 0 Å². The minimum Gasteiger partial charge on any atom is -0.459 e. The lowest BCUT2D eigenvalue weighted by molar-refractivity contribution is -0.155. The summed E-state index contributed by atoms with van der Waals surface area (Å²) in [5.74, 6) is -3.08. The van der Waals surface area contributed by atoms with E-state index >= 15 is 0 Å². The first kappa shape index (κ1) is 14.6. The van der Waals surface area contributed by atoms with Crippen LogP contribution in [-0.4, -0.2) is 24.4 Å². The molecule has 7 heteroatoms. The maximum absolute atomic E-state index is 12.6. The number of esters is 1. The number of carbonyl (C=O) groups excluding carboxylic acids is 3. The summed E-state index contributed by atoms with van der Waals surface area (Å²) >= 11 is 0. The molecule has 0 fully saturated rings. The van der Waals surface area contributed by atoms with Crippen molar-refractivity contribution in [1.29, 1.82) is 0 Å². The minimum atomic E-state index is -1.08. The SMILES string of the molecule is CCOC(=O)C(=O)NNC(=O)Cc1ccc(F)cc1. The molecule has 2 amide bonds. The van der Waals surface area contributed by atoms with Gasteiger partial charge in [0.05, 0.1) is 13.0 Å². The van der Waals surface area contributed by atoms with Gasteiger partial charge in [-0.1, -0.05) is 12.1 Å². The summed E-state index contributed by atoms with van der Waals surface area (Å²) in [5, 5.41) is 0. The molecule has 0 aliphatic heterocycles. The van der Waals surface area contributed by atoms with Crippen molar-refractivity contribution in [2.45, 2.75) is 13.3 Å². The van der Waals surface area contributed by atoms with E-state index < -0.39 is 23.6 Å². The molecule has 0 bridgehead atoms. The van der Waals surface area contributed by atoms with E-state index in [2.05, 4.69) is 10.2 Å². The Bertz CT molecular complexity index is 473. The Morgan fingerprint density at radius 1 is 1.16 bits per heavy atom. The number of hydrogen-bond donors (Lipinski definition) is 2. The lowest BCUT2D eigenvalue weighted by Crippen LogP contribution is -2.46. The van der Waals surface area contributed by atoms with Gasteiger partial charge in [-0.25, -0.2) is 9.18 Å². The molecule has 19 heavy (non-hydrogen) atoms. The molecule has 0 radical (unpaired) electrons. The fraction of sp³-hybridized carbons (Fsp3) is 0.250. The van der Waals surface area contributed by atoms with Crippen LogP contribution in [0.4, 0.5) is 4.39 Å². The molecule has 2 N–H and O–H groups in total. The molecule has 0 atom stereocenters. The number of nitrogens with one attached hydrogen (secondary N) is 2. The number of carbonyl (C=O) groups is 3. The smallest absolute Gasteiger partial charge is 0.398 e. The standard InChI is InChI=1S/C12H13FN2O4/c1-2-19-12(18)11(17)15-14-10(16)7-8-3-5-9(13)6-4-8/h3-6H,2,7H2,1H3,(H,14,16)(H,15,17). The maximum Gasteiger partial charge on any atom is 0.398 e.